The minimum Gasteiger partial charge on any atom is -0.312 e. The molecule has 114 valence electrons. The molecule has 0 saturated carbocycles. The Morgan fingerprint density at radius 3 is 2.81 bits per heavy atom. The van der Waals surface area contributed by atoms with E-state index in [-0.39, 0.29) is 4.90 Å². The van der Waals surface area contributed by atoms with E-state index in [1.165, 1.54) is 11.3 Å². The first kappa shape index (κ1) is 16.4. The highest BCUT2D eigenvalue weighted by molar-refractivity contribution is 9.11. The fraction of sp³-hybridized carbons (Fsp3) is 0.308. The minimum atomic E-state index is -3.64. The molecule has 0 radical (unpaired) electrons. The molecule has 21 heavy (non-hydrogen) atoms. The highest BCUT2D eigenvalue weighted by atomic mass is 79.9. The summed E-state index contributed by atoms with van der Waals surface area (Å²) in [6, 6.07) is 6.88. The van der Waals surface area contributed by atoms with E-state index in [2.05, 4.69) is 31.0 Å². The maximum Gasteiger partial charge on any atom is 0.265 e. The fourth-order valence-corrected chi connectivity index (χ4v) is 5.36. The first-order valence-electron chi connectivity index (χ1n) is 6.38. The number of aryl methyl sites for hydroxylation is 1. The molecule has 0 aliphatic carbocycles. The van der Waals surface area contributed by atoms with Crippen molar-refractivity contribution < 1.29 is 8.42 Å². The summed E-state index contributed by atoms with van der Waals surface area (Å²) < 4.78 is 27.9. The molecule has 2 aromatic heterocycles. The quantitative estimate of drug-likeness (QED) is 0.795. The number of hydrogen-bond donors (Lipinski definition) is 2. The normalized spacial score (nSPS) is 11.6. The molecule has 0 aromatic carbocycles. The van der Waals surface area contributed by atoms with Crippen LogP contribution in [0.15, 0.2) is 32.9 Å². The van der Waals surface area contributed by atoms with E-state index >= 15 is 0 Å². The molecule has 0 aliphatic heterocycles. The first-order chi connectivity index (χ1) is 9.92. The van der Waals surface area contributed by atoms with Crippen molar-refractivity contribution in [3.8, 4) is 0 Å². The van der Waals surface area contributed by atoms with Crippen LogP contribution in [-0.4, -0.2) is 19.9 Å². The van der Waals surface area contributed by atoms with Gasteiger partial charge in [0.25, 0.3) is 10.0 Å². The lowest BCUT2D eigenvalue weighted by Crippen LogP contribution is -2.14. The number of hydrogen-bond acceptors (Lipinski definition) is 5. The number of rotatable bonds is 6. The maximum absolute atomic E-state index is 12.4. The number of sulfonamides is 1. The Morgan fingerprint density at radius 1 is 1.38 bits per heavy atom. The van der Waals surface area contributed by atoms with Crippen LogP contribution in [0.5, 0.6) is 0 Å². The third-order valence-corrected chi connectivity index (χ3v) is 6.28. The van der Waals surface area contributed by atoms with Crippen molar-refractivity contribution in [2.24, 2.45) is 0 Å². The predicted molar refractivity (Wildman–Crippen MR) is 89.2 cm³/mol. The van der Waals surface area contributed by atoms with Gasteiger partial charge in [0.05, 0.1) is 3.79 Å². The zero-order chi connectivity index (χ0) is 15.5. The molecular weight excluding hydrogens is 374 g/mol. The highest BCUT2D eigenvalue weighted by Gasteiger charge is 2.21. The van der Waals surface area contributed by atoms with E-state index in [0.717, 1.165) is 17.1 Å². The van der Waals surface area contributed by atoms with E-state index in [0.29, 0.717) is 16.1 Å². The summed E-state index contributed by atoms with van der Waals surface area (Å²) in [4.78, 5) is 5.35. The van der Waals surface area contributed by atoms with Gasteiger partial charge in [-0.3, -0.25) is 4.72 Å². The van der Waals surface area contributed by atoms with Gasteiger partial charge in [-0.25, -0.2) is 13.4 Å². The average molecular weight is 390 g/mol. The second kappa shape index (κ2) is 6.87. The van der Waals surface area contributed by atoms with E-state index in [4.69, 9.17) is 0 Å². The molecule has 2 rings (SSSR count). The molecule has 2 heterocycles. The van der Waals surface area contributed by atoms with E-state index in [9.17, 15) is 8.42 Å². The monoisotopic (exact) mass is 389 g/mol. The van der Waals surface area contributed by atoms with Crippen LogP contribution in [0.4, 0.5) is 5.82 Å². The van der Waals surface area contributed by atoms with Crippen LogP contribution in [-0.2, 0) is 16.6 Å². The fourth-order valence-electron chi connectivity index (χ4n) is 1.71. The van der Waals surface area contributed by atoms with Gasteiger partial charge >= 0.3 is 0 Å². The second-order valence-corrected chi connectivity index (χ2v) is 8.51. The van der Waals surface area contributed by atoms with E-state index in [1.54, 1.807) is 18.2 Å². The molecule has 0 aliphatic rings. The Labute approximate surface area is 137 Å². The standard InChI is InChI=1S/C13H16BrN3O2S2/c1-3-15-8-10-7-11(13(14)20-10)21(18,19)17-12-6-4-5-9(2)16-12/h4-7,15H,3,8H2,1-2H3,(H,16,17). The SMILES string of the molecule is CCNCc1cc(S(=O)(=O)Nc2cccc(C)n2)c(Br)s1. The van der Waals surface area contributed by atoms with E-state index in [1.807, 2.05) is 19.9 Å². The van der Waals surface area contributed by atoms with Crippen molar-refractivity contribution in [1.82, 2.24) is 10.3 Å². The topological polar surface area (TPSA) is 71.1 Å². The number of aromatic nitrogens is 1. The summed E-state index contributed by atoms with van der Waals surface area (Å²) in [6.07, 6.45) is 0. The molecule has 0 spiro atoms. The smallest absolute Gasteiger partial charge is 0.265 e. The predicted octanol–water partition coefficient (Wildman–Crippen LogP) is 3.12. The summed E-state index contributed by atoms with van der Waals surface area (Å²) >= 11 is 4.73. The van der Waals surface area contributed by atoms with Crippen molar-refractivity contribution in [3.05, 3.63) is 38.6 Å². The minimum absolute atomic E-state index is 0.240. The Morgan fingerprint density at radius 2 is 2.14 bits per heavy atom. The van der Waals surface area contributed by atoms with Crippen LogP contribution in [0.3, 0.4) is 0 Å². The molecule has 5 nitrogen and oxygen atoms in total. The van der Waals surface area contributed by atoms with Gasteiger partial charge in [0.2, 0.25) is 0 Å². The first-order valence-corrected chi connectivity index (χ1v) is 9.47. The Kier molecular flexibility index (Phi) is 5.37. The van der Waals surface area contributed by atoms with Crippen molar-refractivity contribution in [2.45, 2.75) is 25.3 Å². The van der Waals surface area contributed by atoms with E-state index < -0.39 is 10.0 Å². The number of nitrogens with zero attached hydrogens (tertiary/aromatic N) is 1. The third kappa shape index (κ3) is 4.26. The van der Waals surface area contributed by atoms with Crippen LogP contribution < -0.4 is 10.0 Å². The maximum atomic E-state index is 12.4. The van der Waals surface area contributed by atoms with Gasteiger partial charge in [0, 0.05) is 17.1 Å². The van der Waals surface area contributed by atoms with Crippen molar-refractivity contribution in [1.29, 1.82) is 0 Å². The lowest BCUT2D eigenvalue weighted by Gasteiger charge is -2.06. The summed E-state index contributed by atoms with van der Waals surface area (Å²) in [5.41, 5.74) is 0.757. The lowest BCUT2D eigenvalue weighted by molar-refractivity contribution is 0.601. The lowest BCUT2D eigenvalue weighted by atomic mass is 10.4. The molecule has 8 heteroatoms. The average Bonchev–Trinajstić information content (AvgIpc) is 2.78. The number of thiophene rings is 1. The van der Waals surface area contributed by atoms with Crippen molar-refractivity contribution >= 4 is 43.1 Å². The van der Waals surface area contributed by atoms with Crippen LogP contribution in [0.25, 0.3) is 0 Å². The third-order valence-electron chi connectivity index (χ3n) is 2.67. The zero-order valence-electron chi connectivity index (χ0n) is 11.7. The van der Waals surface area contributed by atoms with Crippen LogP contribution in [0.1, 0.15) is 17.5 Å². The molecule has 0 saturated heterocycles. The van der Waals surface area contributed by atoms with Crippen LogP contribution >= 0.6 is 27.3 Å². The van der Waals surface area contributed by atoms with Crippen molar-refractivity contribution in [3.63, 3.8) is 0 Å². The van der Waals surface area contributed by atoms with Gasteiger partial charge in [-0.1, -0.05) is 13.0 Å². The molecule has 0 fully saturated rings. The summed E-state index contributed by atoms with van der Waals surface area (Å²) in [7, 11) is -3.64. The van der Waals surface area contributed by atoms with Gasteiger partial charge in [-0.15, -0.1) is 11.3 Å². The molecule has 0 unspecified atom stereocenters. The summed E-state index contributed by atoms with van der Waals surface area (Å²) in [5.74, 6) is 0.321. The Balaban J connectivity index is 2.25. The van der Waals surface area contributed by atoms with Gasteiger partial charge < -0.3 is 5.32 Å². The molecule has 0 atom stereocenters. The molecule has 0 amide bonds. The molecule has 2 aromatic rings. The largest absolute Gasteiger partial charge is 0.312 e. The number of pyridine rings is 1. The Bertz CT molecular complexity index is 729. The van der Waals surface area contributed by atoms with Gasteiger partial charge in [0.1, 0.15) is 10.7 Å². The number of halogens is 1. The summed E-state index contributed by atoms with van der Waals surface area (Å²) in [5, 5.41) is 3.18. The van der Waals surface area contributed by atoms with Gasteiger partial charge in [0.15, 0.2) is 0 Å². The molecular formula is C13H16BrN3O2S2. The number of nitrogens with one attached hydrogen (secondary N) is 2. The van der Waals surface area contributed by atoms with Crippen LogP contribution in [0, 0.1) is 6.92 Å². The van der Waals surface area contributed by atoms with Gasteiger partial charge in [-0.2, -0.15) is 0 Å². The Hall–Kier alpha value is -0.960. The summed E-state index contributed by atoms with van der Waals surface area (Å²) in [6.45, 7) is 5.30. The zero-order valence-corrected chi connectivity index (χ0v) is 14.9. The molecule has 2 N–H and O–H groups in total. The molecule has 0 bridgehead atoms. The van der Waals surface area contributed by atoms with Crippen molar-refractivity contribution in [2.75, 3.05) is 11.3 Å². The second-order valence-electron chi connectivity index (χ2n) is 4.40. The number of anilines is 1. The highest BCUT2D eigenvalue weighted by Crippen LogP contribution is 2.32. The van der Waals surface area contributed by atoms with Crippen LogP contribution in [0.2, 0.25) is 0 Å². The van der Waals surface area contributed by atoms with Gasteiger partial charge in [-0.05, 0) is 47.6 Å².